The molecule has 2 heterocycles. The number of benzene rings is 1. The summed E-state index contributed by atoms with van der Waals surface area (Å²) in [6.07, 6.45) is 4.56. The summed E-state index contributed by atoms with van der Waals surface area (Å²) >= 11 is 5.87. The molecule has 130 valence electrons. The van der Waals surface area contributed by atoms with Gasteiger partial charge >= 0.3 is 0 Å². The van der Waals surface area contributed by atoms with Crippen LogP contribution in [-0.4, -0.2) is 25.5 Å². The zero-order chi connectivity index (χ0) is 16.1. The molecule has 24 heavy (non-hydrogen) atoms. The minimum absolute atomic E-state index is 0. The van der Waals surface area contributed by atoms with Crippen LogP contribution >= 0.6 is 11.6 Å². The molecule has 4 nitrogen and oxygen atoms in total. The third-order valence-corrected chi connectivity index (χ3v) is 4.66. The van der Waals surface area contributed by atoms with Gasteiger partial charge in [0.05, 0.1) is 32.3 Å². The smallest absolute Gasteiger partial charge is 0.224 e. The van der Waals surface area contributed by atoms with E-state index in [0.717, 1.165) is 24.4 Å². The second-order valence-electron chi connectivity index (χ2n) is 6.04. The fourth-order valence-electron chi connectivity index (χ4n) is 3.18. The number of nitrogens with one attached hydrogen (secondary N) is 2. The summed E-state index contributed by atoms with van der Waals surface area (Å²) in [5.41, 5.74) is 0.968. The summed E-state index contributed by atoms with van der Waals surface area (Å²) in [4.78, 5) is 13.7. The van der Waals surface area contributed by atoms with Crippen LogP contribution in [0.4, 0.5) is 0 Å². The van der Waals surface area contributed by atoms with E-state index in [1.807, 2.05) is 36.4 Å². The minimum atomic E-state index is 0. The number of furan rings is 1. The Kier molecular flexibility index (Phi) is 7.16. The van der Waals surface area contributed by atoms with Crippen LogP contribution in [0.15, 0.2) is 47.1 Å². The number of carbonyl (C=O) groups excluding carboxylic acids is 1. The van der Waals surface area contributed by atoms with Gasteiger partial charge in [0.2, 0.25) is 5.91 Å². The van der Waals surface area contributed by atoms with Crippen molar-refractivity contribution in [2.75, 3.05) is 19.6 Å². The van der Waals surface area contributed by atoms with E-state index in [2.05, 4.69) is 5.32 Å². The fourth-order valence-corrected chi connectivity index (χ4v) is 3.31. The van der Waals surface area contributed by atoms with E-state index in [4.69, 9.17) is 16.0 Å². The van der Waals surface area contributed by atoms with Crippen molar-refractivity contribution >= 4 is 17.5 Å². The minimum Gasteiger partial charge on any atom is -1.00 e. The van der Waals surface area contributed by atoms with Gasteiger partial charge in [-0.1, -0.05) is 23.7 Å². The van der Waals surface area contributed by atoms with Crippen molar-refractivity contribution in [3.8, 4) is 0 Å². The van der Waals surface area contributed by atoms with Crippen molar-refractivity contribution < 1.29 is 26.5 Å². The summed E-state index contributed by atoms with van der Waals surface area (Å²) in [5, 5.41) is 3.74. The first-order valence-corrected chi connectivity index (χ1v) is 8.49. The lowest BCUT2D eigenvalue weighted by Gasteiger charge is -2.23. The first kappa shape index (κ1) is 18.8. The maximum absolute atomic E-state index is 12.2. The molecule has 3 rings (SSSR count). The molecule has 1 amide bonds. The second kappa shape index (κ2) is 9.11. The van der Waals surface area contributed by atoms with Crippen LogP contribution < -0.4 is 22.6 Å². The molecule has 2 N–H and O–H groups in total. The van der Waals surface area contributed by atoms with E-state index in [-0.39, 0.29) is 24.4 Å². The van der Waals surface area contributed by atoms with Crippen LogP contribution in [0.2, 0.25) is 5.02 Å². The van der Waals surface area contributed by atoms with Gasteiger partial charge < -0.3 is 27.0 Å². The molecule has 0 saturated carbocycles. The summed E-state index contributed by atoms with van der Waals surface area (Å²) in [6.45, 7) is 2.88. The molecule has 1 fully saturated rings. The Bertz CT molecular complexity index is 623. The predicted molar refractivity (Wildman–Crippen MR) is 89.5 cm³/mol. The molecule has 1 aromatic heterocycles. The van der Waals surface area contributed by atoms with Crippen LogP contribution in [0.1, 0.15) is 30.2 Å². The second-order valence-corrected chi connectivity index (χ2v) is 6.48. The van der Waals surface area contributed by atoms with E-state index < -0.39 is 0 Å². The van der Waals surface area contributed by atoms with E-state index in [9.17, 15) is 4.79 Å². The Morgan fingerprint density at radius 2 is 1.92 bits per heavy atom. The maximum atomic E-state index is 12.2. The summed E-state index contributed by atoms with van der Waals surface area (Å²) in [5.74, 6) is 0.983. The van der Waals surface area contributed by atoms with Crippen LogP contribution in [0, 0.1) is 0 Å². The molecule has 1 saturated heterocycles. The van der Waals surface area contributed by atoms with Crippen LogP contribution in [0.25, 0.3) is 0 Å². The van der Waals surface area contributed by atoms with Crippen molar-refractivity contribution in [3.63, 3.8) is 0 Å². The standard InChI is InChI=1S/C18H21ClN2O2.ClH/c19-15-7-5-14(6-8-15)12-18(22)20-13-16(17-4-3-11-23-17)21-9-1-2-10-21;/h3-8,11,16H,1-2,9-10,12-13H2,(H,20,22);1H. The van der Waals surface area contributed by atoms with Gasteiger partial charge in [0.1, 0.15) is 0 Å². The van der Waals surface area contributed by atoms with Crippen LogP contribution in [-0.2, 0) is 11.2 Å². The number of rotatable bonds is 6. The molecule has 2 aromatic rings. The van der Waals surface area contributed by atoms with Crippen molar-refractivity contribution in [1.29, 1.82) is 0 Å². The van der Waals surface area contributed by atoms with E-state index in [0.29, 0.717) is 18.0 Å². The molecular weight excluding hydrogens is 347 g/mol. The number of likely N-dealkylation sites (tertiary alicyclic amines) is 1. The third-order valence-electron chi connectivity index (χ3n) is 4.41. The average molecular weight is 369 g/mol. The Hall–Kier alpha value is -1.49. The molecule has 0 radical (unpaired) electrons. The third kappa shape index (κ3) is 5.00. The van der Waals surface area contributed by atoms with Gasteiger partial charge in [0, 0.05) is 17.9 Å². The van der Waals surface area contributed by atoms with Gasteiger partial charge in [-0.25, -0.2) is 0 Å². The summed E-state index contributed by atoms with van der Waals surface area (Å²) in [7, 11) is 0. The Balaban J connectivity index is 0.00000208. The first-order chi connectivity index (χ1) is 11.2. The average Bonchev–Trinajstić information content (AvgIpc) is 3.24. The van der Waals surface area contributed by atoms with E-state index in [1.165, 1.54) is 17.7 Å². The molecule has 1 atom stereocenters. The number of carbonyl (C=O) groups is 1. The Labute approximate surface area is 153 Å². The number of halogens is 2. The molecular formula is C18H22Cl2N2O2. The van der Waals surface area contributed by atoms with Crippen molar-refractivity contribution in [2.24, 2.45) is 0 Å². The topological polar surface area (TPSA) is 46.7 Å². The molecule has 0 bridgehead atoms. The van der Waals surface area contributed by atoms with Gasteiger partial charge in [0.25, 0.3) is 0 Å². The van der Waals surface area contributed by atoms with E-state index >= 15 is 0 Å². The normalized spacial score (nSPS) is 15.7. The number of hydrogen-bond donors (Lipinski definition) is 2. The summed E-state index contributed by atoms with van der Waals surface area (Å²) < 4.78 is 5.59. The lowest BCUT2D eigenvalue weighted by atomic mass is 10.1. The molecule has 0 aliphatic carbocycles. The lowest BCUT2D eigenvalue weighted by Crippen LogP contribution is -3.11. The zero-order valence-corrected chi connectivity index (χ0v) is 14.9. The number of hydrogen-bond acceptors (Lipinski definition) is 2. The predicted octanol–water partition coefficient (Wildman–Crippen LogP) is -0.984. The number of amides is 1. The molecule has 6 heteroatoms. The molecule has 0 spiro atoms. The monoisotopic (exact) mass is 368 g/mol. The lowest BCUT2D eigenvalue weighted by molar-refractivity contribution is -0.919. The Morgan fingerprint density at radius 3 is 2.54 bits per heavy atom. The maximum Gasteiger partial charge on any atom is 0.224 e. The van der Waals surface area contributed by atoms with Gasteiger partial charge in [-0.2, -0.15) is 0 Å². The Morgan fingerprint density at radius 1 is 1.21 bits per heavy atom. The van der Waals surface area contributed by atoms with Gasteiger partial charge in [-0.15, -0.1) is 0 Å². The quantitative estimate of drug-likeness (QED) is 0.688. The van der Waals surface area contributed by atoms with Crippen molar-refractivity contribution in [3.05, 3.63) is 59.0 Å². The van der Waals surface area contributed by atoms with Crippen LogP contribution in [0.3, 0.4) is 0 Å². The number of quaternary nitrogens is 1. The van der Waals surface area contributed by atoms with Gasteiger partial charge in [-0.3, -0.25) is 4.79 Å². The molecule has 1 aliphatic heterocycles. The highest BCUT2D eigenvalue weighted by molar-refractivity contribution is 6.30. The molecule has 1 aliphatic rings. The highest BCUT2D eigenvalue weighted by Crippen LogP contribution is 2.12. The summed E-state index contributed by atoms with van der Waals surface area (Å²) in [6, 6.07) is 11.5. The highest BCUT2D eigenvalue weighted by Gasteiger charge is 2.29. The largest absolute Gasteiger partial charge is 1.00 e. The molecule has 1 aromatic carbocycles. The van der Waals surface area contributed by atoms with Gasteiger partial charge in [0.15, 0.2) is 11.8 Å². The first-order valence-electron chi connectivity index (χ1n) is 8.11. The van der Waals surface area contributed by atoms with Gasteiger partial charge in [-0.05, 0) is 29.8 Å². The van der Waals surface area contributed by atoms with Crippen molar-refractivity contribution in [1.82, 2.24) is 5.32 Å². The van der Waals surface area contributed by atoms with Crippen molar-refractivity contribution in [2.45, 2.75) is 25.3 Å². The highest BCUT2D eigenvalue weighted by atomic mass is 35.5. The van der Waals surface area contributed by atoms with Crippen LogP contribution in [0.5, 0.6) is 0 Å². The fraction of sp³-hybridized carbons (Fsp3) is 0.389. The SMILES string of the molecule is O=C(Cc1ccc(Cl)cc1)NCC(c1ccco1)[NH+]1CCCC1.[Cl-]. The van der Waals surface area contributed by atoms with E-state index in [1.54, 1.807) is 6.26 Å². The zero-order valence-electron chi connectivity index (χ0n) is 13.4. The molecule has 1 unspecified atom stereocenters.